The monoisotopic (exact) mass is 307 g/mol. The summed E-state index contributed by atoms with van der Waals surface area (Å²) in [5.41, 5.74) is 2.82. The van der Waals surface area contributed by atoms with Crippen LogP contribution in [0, 0.1) is 0 Å². The largest absolute Gasteiger partial charge is 0.326 e. The number of amides is 1. The summed E-state index contributed by atoms with van der Waals surface area (Å²) in [6, 6.07) is 13.9. The molecule has 0 aliphatic rings. The number of H-pyrrole nitrogens is 1. The lowest BCUT2D eigenvalue weighted by molar-refractivity contribution is -0.115. The van der Waals surface area contributed by atoms with Gasteiger partial charge in [-0.1, -0.05) is 18.2 Å². The van der Waals surface area contributed by atoms with Crippen LogP contribution in [0.3, 0.4) is 0 Å². The highest BCUT2D eigenvalue weighted by Crippen LogP contribution is 2.26. The number of hydrogen-bond donors (Lipinski definition) is 2. The molecule has 4 nitrogen and oxygen atoms in total. The molecule has 4 aromatic rings. The number of aromatic amines is 1. The van der Waals surface area contributed by atoms with Crippen LogP contribution in [0.1, 0.15) is 5.56 Å². The van der Waals surface area contributed by atoms with Crippen molar-refractivity contribution in [3.63, 3.8) is 0 Å². The van der Waals surface area contributed by atoms with Gasteiger partial charge in [0.1, 0.15) is 0 Å². The van der Waals surface area contributed by atoms with E-state index >= 15 is 0 Å². The second-order valence-electron chi connectivity index (χ2n) is 5.15. The van der Waals surface area contributed by atoms with Gasteiger partial charge in [0.05, 0.1) is 18.1 Å². The number of thiophene rings is 1. The SMILES string of the molecule is O=C(Cc1csc2ccccc12)Nc1ccc2[nH]ncc2c1. The molecule has 2 N–H and O–H groups in total. The lowest BCUT2D eigenvalue weighted by Crippen LogP contribution is -2.14. The van der Waals surface area contributed by atoms with E-state index in [4.69, 9.17) is 0 Å². The molecule has 0 atom stereocenters. The number of rotatable bonds is 3. The van der Waals surface area contributed by atoms with Crippen molar-refractivity contribution in [2.45, 2.75) is 6.42 Å². The summed E-state index contributed by atoms with van der Waals surface area (Å²) in [4.78, 5) is 12.3. The molecule has 22 heavy (non-hydrogen) atoms. The van der Waals surface area contributed by atoms with Crippen molar-refractivity contribution in [2.75, 3.05) is 5.32 Å². The van der Waals surface area contributed by atoms with E-state index in [9.17, 15) is 4.79 Å². The Labute approximate surface area is 130 Å². The highest BCUT2D eigenvalue weighted by molar-refractivity contribution is 7.17. The first-order chi connectivity index (χ1) is 10.8. The maximum absolute atomic E-state index is 12.3. The molecular formula is C17H13N3OS. The van der Waals surface area contributed by atoms with E-state index in [0.29, 0.717) is 6.42 Å². The Hall–Kier alpha value is -2.66. The maximum Gasteiger partial charge on any atom is 0.228 e. The molecule has 0 fully saturated rings. The minimum absolute atomic E-state index is 0.00796. The standard InChI is InChI=1S/C17H13N3OS/c21-17(8-12-10-22-16-4-2-1-3-14(12)16)19-13-5-6-15-11(7-13)9-18-20-15/h1-7,9-10H,8H2,(H,18,20)(H,19,21). The van der Waals surface area contributed by atoms with Gasteiger partial charge in [0.15, 0.2) is 0 Å². The van der Waals surface area contributed by atoms with Crippen molar-refractivity contribution in [3.8, 4) is 0 Å². The van der Waals surface area contributed by atoms with Crippen LogP contribution in [0.15, 0.2) is 54.0 Å². The predicted octanol–water partition coefficient (Wildman–Crippen LogP) is 3.96. The summed E-state index contributed by atoms with van der Waals surface area (Å²) in [6.45, 7) is 0. The molecule has 5 heteroatoms. The van der Waals surface area contributed by atoms with E-state index in [1.54, 1.807) is 17.5 Å². The molecule has 2 aromatic carbocycles. The van der Waals surface area contributed by atoms with Crippen LogP contribution in [0.25, 0.3) is 21.0 Å². The van der Waals surface area contributed by atoms with Gasteiger partial charge in [-0.25, -0.2) is 0 Å². The summed E-state index contributed by atoms with van der Waals surface area (Å²) >= 11 is 1.67. The Morgan fingerprint density at radius 1 is 1.23 bits per heavy atom. The highest BCUT2D eigenvalue weighted by Gasteiger charge is 2.09. The number of nitrogens with zero attached hydrogens (tertiary/aromatic N) is 1. The van der Waals surface area contributed by atoms with Crippen LogP contribution < -0.4 is 5.32 Å². The molecule has 2 aromatic heterocycles. The van der Waals surface area contributed by atoms with Crippen molar-refractivity contribution in [1.29, 1.82) is 0 Å². The Morgan fingerprint density at radius 2 is 2.14 bits per heavy atom. The summed E-state index contributed by atoms with van der Waals surface area (Å²) in [7, 11) is 0. The maximum atomic E-state index is 12.3. The molecule has 0 radical (unpaired) electrons. The second kappa shape index (κ2) is 5.27. The Bertz CT molecular complexity index is 970. The number of aromatic nitrogens is 2. The normalized spacial score (nSPS) is 11.1. The van der Waals surface area contributed by atoms with Gasteiger partial charge in [-0.2, -0.15) is 5.10 Å². The summed E-state index contributed by atoms with van der Waals surface area (Å²) < 4.78 is 1.21. The average molecular weight is 307 g/mol. The predicted molar refractivity (Wildman–Crippen MR) is 90.3 cm³/mol. The fraction of sp³-hybridized carbons (Fsp3) is 0.0588. The van der Waals surface area contributed by atoms with Gasteiger partial charge < -0.3 is 5.32 Å². The van der Waals surface area contributed by atoms with Gasteiger partial charge in [-0.3, -0.25) is 9.89 Å². The molecule has 0 saturated carbocycles. The van der Waals surface area contributed by atoms with Crippen molar-refractivity contribution in [2.24, 2.45) is 0 Å². The van der Waals surface area contributed by atoms with Crippen LogP contribution in [-0.4, -0.2) is 16.1 Å². The lowest BCUT2D eigenvalue weighted by atomic mass is 10.1. The molecule has 1 amide bonds. The van der Waals surface area contributed by atoms with E-state index in [-0.39, 0.29) is 5.91 Å². The number of benzene rings is 2. The van der Waals surface area contributed by atoms with Gasteiger partial charge in [-0.05, 0) is 40.6 Å². The van der Waals surface area contributed by atoms with Crippen LogP contribution in [0.2, 0.25) is 0 Å². The second-order valence-corrected chi connectivity index (χ2v) is 6.07. The van der Waals surface area contributed by atoms with Crippen LogP contribution >= 0.6 is 11.3 Å². The molecule has 0 bridgehead atoms. The van der Waals surface area contributed by atoms with Crippen molar-refractivity contribution >= 4 is 43.9 Å². The molecule has 0 spiro atoms. The molecular weight excluding hydrogens is 294 g/mol. The fourth-order valence-electron chi connectivity index (χ4n) is 2.57. The van der Waals surface area contributed by atoms with Gasteiger partial charge in [-0.15, -0.1) is 11.3 Å². The minimum atomic E-state index is -0.00796. The molecule has 4 rings (SSSR count). The van der Waals surface area contributed by atoms with Crippen molar-refractivity contribution in [3.05, 3.63) is 59.6 Å². The quantitative estimate of drug-likeness (QED) is 0.602. The minimum Gasteiger partial charge on any atom is -0.326 e. The summed E-state index contributed by atoms with van der Waals surface area (Å²) in [5.74, 6) is -0.00796. The lowest BCUT2D eigenvalue weighted by Gasteiger charge is -2.05. The Kier molecular flexibility index (Phi) is 3.12. The van der Waals surface area contributed by atoms with E-state index in [1.165, 1.54) is 4.70 Å². The van der Waals surface area contributed by atoms with Crippen molar-refractivity contribution in [1.82, 2.24) is 10.2 Å². The molecule has 0 unspecified atom stereocenters. The third-order valence-electron chi connectivity index (χ3n) is 3.64. The van der Waals surface area contributed by atoms with Gasteiger partial charge >= 0.3 is 0 Å². The van der Waals surface area contributed by atoms with Crippen LogP contribution in [-0.2, 0) is 11.2 Å². The average Bonchev–Trinajstić information content (AvgIpc) is 3.14. The molecule has 0 saturated heterocycles. The van der Waals surface area contributed by atoms with Crippen LogP contribution in [0.5, 0.6) is 0 Å². The Balaban J connectivity index is 1.54. The molecule has 2 heterocycles. The van der Waals surface area contributed by atoms with Gasteiger partial charge in [0, 0.05) is 15.8 Å². The van der Waals surface area contributed by atoms with E-state index < -0.39 is 0 Å². The number of fused-ring (bicyclic) bond motifs is 2. The summed E-state index contributed by atoms with van der Waals surface area (Å²) in [6.07, 6.45) is 2.13. The smallest absolute Gasteiger partial charge is 0.228 e. The highest BCUT2D eigenvalue weighted by atomic mass is 32.1. The number of nitrogens with one attached hydrogen (secondary N) is 2. The zero-order valence-corrected chi connectivity index (χ0v) is 12.5. The fourth-order valence-corrected chi connectivity index (χ4v) is 3.53. The van der Waals surface area contributed by atoms with Crippen LogP contribution in [0.4, 0.5) is 5.69 Å². The summed E-state index contributed by atoms with van der Waals surface area (Å²) in [5, 5.41) is 14.0. The van der Waals surface area contributed by atoms with E-state index in [1.807, 2.05) is 30.3 Å². The molecule has 0 aliphatic carbocycles. The van der Waals surface area contributed by atoms with Gasteiger partial charge in [0.25, 0.3) is 0 Å². The number of carbonyl (C=O) groups excluding carboxylic acids is 1. The van der Waals surface area contributed by atoms with E-state index in [0.717, 1.165) is 27.5 Å². The molecule has 108 valence electrons. The third-order valence-corrected chi connectivity index (χ3v) is 4.65. The van der Waals surface area contributed by atoms with Gasteiger partial charge in [0.2, 0.25) is 5.91 Å². The van der Waals surface area contributed by atoms with E-state index in [2.05, 4.69) is 33.0 Å². The topological polar surface area (TPSA) is 57.8 Å². The molecule has 0 aliphatic heterocycles. The number of anilines is 1. The number of hydrogen-bond acceptors (Lipinski definition) is 3. The first-order valence-electron chi connectivity index (χ1n) is 6.98. The zero-order chi connectivity index (χ0) is 14.9. The third kappa shape index (κ3) is 2.35. The Morgan fingerprint density at radius 3 is 3.09 bits per heavy atom. The number of carbonyl (C=O) groups is 1. The first kappa shape index (κ1) is 13.0. The zero-order valence-electron chi connectivity index (χ0n) is 11.7. The van der Waals surface area contributed by atoms with Crippen molar-refractivity contribution < 1.29 is 4.79 Å². The first-order valence-corrected chi connectivity index (χ1v) is 7.86.